The Labute approximate surface area is 155 Å². The number of para-hydroxylation sites is 1. The molecule has 1 heterocycles. The van der Waals surface area contributed by atoms with Crippen LogP contribution < -0.4 is 14.4 Å². The minimum atomic E-state index is 0.0457. The summed E-state index contributed by atoms with van der Waals surface area (Å²) in [5.41, 5.74) is 3.54. The normalized spacial score (nSPS) is 14.7. The van der Waals surface area contributed by atoms with Crippen molar-refractivity contribution in [2.45, 2.75) is 27.2 Å². The summed E-state index contributed by atoms with van der Waals surface area (Å²) in [4.78, 5) is 14.8. The molecule has 4 nitrogen and oxygen atoms in total. The summed E-state index contributed by atoms with van der Waals surface area (Å²) in [6.45, 7) is 7.85. The molecule has 1 aliphatic heterocycles. The second-order valence-corrected chi connectivity index (χ2v) is 6.10. The van der Waals surface area contributed by atoms with Crippen LogP contribution in [0.25, 0.3) is 11.6 Å². The highest BCUT2D eigenvalue weighted by Gasteiger charge is 2.31. The molecule has 0 aromatic heterocycles. The maximum absolute atomic E-state index is 13.0. The molecule has 0 aliphatic carbocycles. The van der Waals surface area contributed by atoms with Gasteiger partial charge in [0.2, 0.25) is 0 Å². The molecule has 2 aromatic rings. The van der Waals surface area contributed by atoms with E-state index in [0.29, 0.717) is 18.8 Å². The number of carbonyl (C=O) groups is 1. The van der Waals surface area contributed by atoms with Crippen LogP contribution in [0.2, 0.25) is 0 Å². The number of hydrogen-bond donors (Lipinski definition) is 0. The monoisotopic (exact) mass is 351 g/mol. The average Bonchev–Trinajstić information content (AvgIpc) is 2.90. The molecular formula is C22H25NO3. The van der Waals surface area contributed by atoms with E-state index in [1.165, 1.54) is 0 Å². The molecule has 0 atom stereocenters. The van der Waals surface area contributed by atoms with Gasteiger partial charge in [0.15, 0.2) is 0 Å². The number of rotatable bonds is 7. The van der Waals surface area contributed by atoms with Crippen molar-refractivity contribution >= 4 is 23.2 Å². The molecule has 1 amide bonds. The zero-order valence-electron chi connectivity index (χ0n) is 15.6. The summed E-state index contributed by atoms with van der Waals surface area (Å²) in [5, 5.41) is 0. The minimum Gasteiger partial charge on any atom is -0.494 e. The first-order chi connectivity index (χ1) is 12.7. The van der Waals surface area contributed by atoms with Gasteiger partial charge in [-0.25, -0.2) is 0 Å². The van der Waals surface area contributed by atoms with Crippen molar-refractivity contribution in [3.8, 4) is 11.5 Å². The molecule has 2 aromatic carbocycles. The average molecular weight is 351 g/mol. The zero-order chi connectivity index (χ0) is 18.5. The largest absolute Gasteiger partial charge is 0.494 e. The number of carbonyl (C=O) groups excluding carboxylic acids is 1. The van der Waals surface area contributed by atoms with Crippen molar-refractivity contribution in [3.63, 3.8) is 0 Å². The SMILES string of the molecule is CCCN1C(=O)/C(=C\c2ccc(OCC)cc2OCC)c2ccccc21. The summed E-state index contributed by atoms with van der Waals surface area (Å²) < 4.78 is 11.4. The molecule has 0 saturated carbocycles. The highest BCUT2D eigenvalue weighted by Crippen LogP contribution is 2.39. The molecule has 3 rings (SSSR count). The Balaban J connectivity index is 2.05. The standard InChI is InChI=1S/C22H25NO3/c1-4-13-23-20-10-8-7-9-18(20)19(22(23)24)14-16-11-12-17(25-5-2)15-21(16)26-6-3/h7-12,14-15H,4-6,13H2,1-3H3/b19-14-. The van der Waals surface area contributed by atoms with Gasteiger partial charge in [0, 0.05) is 29.3 Å². The van der Waals surface area contributed by atoms with Crippen LogP contribution in [0, 0.1) is 0 Å². The number of amides is 1. The lowest BCUT2D eigenvalue weighted by Crippen LogP contribution is -2.26. The Morgan fingerprint density at radius 2 is 1.77 bits per heavy atom. The van der Waals surface area contributed by atoms with Gasteiger partial charge in [0.25, 0.3) is 5.91 Å². The first kappa shape index (κ1) is 18.1. The van der Waals surface area contributed by atoms with Gasteiger partial charge in [-0.2, -0.15) is 0 Å². The molecule has 0 N–H and O–H groups in total. The molecule has 26 heavy (non-hydrogen) atoms. The van der Waals surface area contributed by atoms with Crippen LogP contribution in [0.1, 0.15) is 38.3 Å². The van der Waals surface area contributed by atoms with Gasteiger partial charge >= 0.3 is 0 Å². The van der Waals surface area contributed by atoms with E-state index < -0.39 is 0 Å². The molecule has 1 aliphatic rings. The maximum atomic E-state index is 13.0. The van der Waals surface area contributed by atoms with Crippen LogP contribution in [0.15, 0.2) is 42.5 Å². The van der Waals surface area contributed by atoms with Gasteiger partial charge in [-0.1, -0.05) is 25.1 Å². The number of ether oxygens (including phenoxy) is 2. The first-order valence-electron chi connectivity index (χ1n) is 9.22. The summed E-state index contributed by atoms with van der Waals surface area (Å²) >= 11 is 0. The van der Waals surface area contributed by atoms with Gasteiger partial charge in [0.05, 0.1) is 18.9 Å². The first-order valence-corrected chi connectivity index (χ1v) is 9.22. The summed E-state index contributed by atoms with van der Waals surface area (Å²) in [5.74, 6) is 1.54. The number of fused-ring (bicyclic) bond motifs is 1. The third-order valence-corrected chi connectivity index (χ3v) is 4.30. The van der Waals surface area contributed by atoms with E-state index >= 15 is 0 Å². The van der Waals surface area contributed by atoms with Crippen LogP contribution >= 0.6 is 0 Å². The smallest absolute Gasteiger partial charge is 0.258 e. The van der Waals surface area contributed by atoms with Crippen LogP contribution in [0.4, 0.5) is 5.69 Å². The zero-order valence-corrected chi connectivity index (χ0v) is 15.6. The molecule has 4 heteroatoms. The Morgan fingerprint density at radius 3 is 2.50 bits per heavy atom. The third-order valence-electron chi connectivity index (χ3n) is 4.30. The van der Waals surface area contributed by atoms with Crippen molar-refractivity contribution in [1.82, 2.24) is 0 Å². The van der Waals surface area contributed by atoms with Crippen molar-refractivity contribution in [3.05, 3.63) is 53.6 Å². The van der Waals surface area contributed by atoms with Crippen LogP contribution in [-0.2, 0) is 4.79 Å². The predicted molar refractivity (Wildman–Crippen MR) is 106 cm³/mol. The molecule has 0 unspecified atom stereocenters. The van der Waals surface area contributed by atoms with Crippen molar-refractivity contribution < 1.29 is 14.3 Å². The lowest BCUT2D eigenvalue weighted by atomic mass is 10.0. The molecule has 0 spiro atoms. The molecule has 0 radical (unpaired) electrons. The van der Waals surface area contributed by atoms with E-state index in [2.05, 4.69) is 6.92 Å². The van der Waals surface area contributed by atoms with Gasteiger partial charge < -0.3 is 14.4 Å². The fourth-order valence-electron chi connectivity index (χ4n) is 3.22. The summed E-state index contributed by atoms with van der Waals surface area (Å²) in [6, 6.07) is 13.7. The summed E-state index contributed by atoms with van der Waals surface area (Å²) in [6.07, 6.45) is 2.85. The predicted octanol–water partition coefficient (Wildman–Crippen LogP) is 4.78. The van der Waals surface area contributed by atoms with E-state index in [4.69, 9.17) is 9.47 Å². The number of nitrogens with zero attached hydrogens (tertiary/aromatic N) is 1. The lowest BCUT2D eigenvalue weighted by molar-refractivity contribution is -0.113. The van der Waals surface area contributed by atoms with Crippen LogP contribution in [-0.4, -0.2) is 25.7 Å². The second kappa shape index (κ2) is 8.09. The fourth-order valence-corrected chi connectivity index (χ4v) is 3.22. The second-order valence-electron chi connectivity index (χ2n) is 6.10. The highest BCUT2D eigenvalue weighted by atomic mass is 16.5. The third kappa shape index (κ3) is 3.45. The molecular weight excluding hydrogens is 326 g/mol. The Kier molecular flexibility index (Phi) is 5.61. The van der Waals surface area contributed by atoms with Crippen LogP contribution in [0.5, 0.6) is 11.5 Å². The molecule has 136 valence electrons. The minimum absolute atomic E-state index is 0.0457. The van der Waals surface area contributed by atoms with Crippen molar-refractivity contribution in [2.24, 2.45) is 0 Å². The number of benzene rings is 2. The van der Waals surface area contributed by atoms with Crippen molar-refractivity contribution in [1.29, 1.82) is 0 Å². The van der Waals surface area contributed by atoms with Gasteiger partial charge in [0.1, 0.15) is 11.5 Å². The van der Waals surface area contributed by atoms with E-state index in [9.17, 15) is 4.79 Å². The Morgan fingerprint density at radius 1 is 1.00 bits per heavy atom. The Hall–Kier alpha value is -2.75. The molecule has 0 fully saturated rings. The topological polar surface area (TPSA) is 38.8 Å². The Bertz CT molecular complexity index is 826. The van der Waals surface area contributed by atoms with E-state index in [0.717, 1.165) is 41.3 Å². The highest BCUT2D eigenvalue weighted by molar-refractivity contribution is 6.35. The fraction of sp³-hybridized carbons (Fsp3) is 0.318. The molecule has 0 saturated heterocycles. The summed E-state index contributed by atoms with van der Waals surface area (Å²) in [7, 11) is 0. The quantitative estimate of drug-likeness (QED) is 0.674. The van der Waals surface area contributed by atoms with E-state index in [-0.39, 0.29) is 5.91 Å². The maximum Gasteiger partial charge on any atom is 0.258 e. The number of anilines is 1. The van der Waals surface area contributed by atoms with Gasteiger partial charge in [-0.15, -0.1) is 0 Å². The van der Waals surface area contributed by atoms with Crippen LogP contribution in [0.3, 0.4) is 0 Å². The van der Waals surface area contributed by atoms with E-state index in [1.807, 2.05) is 67.3 Å². The number of hydrogen-bond acceptors (Lipinski definition) is 3. The van der Waals surface area contributed by atoms with E-state index in [1.54, 1.807) is 0 Å². The lowest BCUT2D eigenvalue weighted by Gasteiger charge is -2.15. The van der Waals surface area contributed by atoms with Gasteiger partial charge in [-0.3, -0.25) is 4.79 Å². The van der Waals surface area contributed by atoms with Crippen molar-refractivity contribution in [2.75, 3.05) is 24.7 Å². The molecule has 0 bridgehead atoms. The van der Waals surface area contributed by atoms with Gasteiger partial charge in [-0.05, 0) is 44.5 Å².